The first-order valence-corrected chi connectivity index (χ1v) is 5.87. The van der Waals surface area contributed by atoms with E-state index in [-0.39, 0.29) is 0 Å². The summed E-state index contributed by atoms with van der Waals surface area (Å²) in [7, 11) is 2.18. The zero-order valence-electron chi connectivity index (χ0n) is 9.65. The van der Waals surface area contributed by atoms with Crippen molar-refractivity contribution in [1.29, 1.82) is 0 Å². The van der Waals surface area contributed by atoms with Crippen molar-refractivity contribution in [3.05, 3.63) is 0 Å². The van der Waals surface area contributed by atoms with Crippen LogP contribution in [0.15, 0.2) is 5.16 Å². The highest BCUT2D eigenvalue weighted by atomic mass is 16.4. The van der Waals surface area contributed by atoms with Crippen LogP contribution < -0.4 is 5.73 Å². The molecule has 0 bridgehead atoms. The highest BCUT2D eigenvalue weighted by molar-refractivity contribution is 5.79. The fourth-order valence-corrected chi connectivity index (χ4v) is 1.95. The number of nitrogens with two attached hydrogens (primary N) is 1. The molecule has 1 aliphatic carbocycles. The predicted octanol–water partition coefficient (Wildman–Crippen LogP) is 1.63. The molecule has 15 heavy (non-hydrogen) atoms. The lowest BCUT2D eigenvalue weighted by atomic mass is 9.85. The van der Waals surface area contributed by atoms with E-state index >= 15 is 0 Å². The van der Waals surface area contributed by atoms with Crippen LogP contribution in [0.2, 0.25) is 0 Å². The normalized spacial score (nSPS) is 18.1. The molecule has 4 heteroatoms. The van der Waals surface area contributed by atoms with Crippen LogP contribution in [-0.4, -0.2) is 36.1 Å². The first-order valence-electron chi connectivity index (χ1n) is 5.87. The summed E-state index contributed by atoms with van der Waals surface area (Å²) in [4.78, 5) is 2.40. The van der Waals surface area contributed by atoms with E-state index in [1.54, 1.807) is 0 Å². The Kier molecular flexibility index (Phi) is 5.47. The molecule has 1 rings (SSSR count). The van der Waals surface area contributed by atoms with Gasteiger partial charge in [-0.1, -0.05) is 11.6 Å². The van der Waals surface area contributed by atoms with Gasteiger partial charge >= 0.3 is 0 Å². The molecule has 0 aromatic carbocycles. The first-order chi connectivity index (χ1) is 7.22. The van der Waals surface area contributed by atoms with Crippen LogP contribution in [0.5, 0.6) is 0 Å². The lowest BCUT2D eigenvalue weighted by Gasteiger charge is -2.30. The van der Waals surface area contributed by atoms with Crippen LogP contribution in [0.4, 0.5) is 0 Å². The van der Waals surface area contributed by atoms with Crippen molar-refractivity contribution < 1.29 is 5.21 Å². The van der Waals surface area contributed by atoms with Gasteiger partial charge in [-0.3, -0.25) is 0 Å². The SMILES string of the molecule is CN(CCCCC(N)=NO)CC1CCC1. The standard InChI is InChI=1S/C11H23N3O/c1-14(9-10-5-4-6-10)8-3-2-7-11(12)13-15/h10,15H,2-9H2,1H3,(H2,12,13). The van der Waals surface area contributed by atoms with Gasteiger partial charge in [0.15, 0.2) is 0 Å². The van der Waals surface area contributed by atoms with Gasteiger partial charge in [0.1, 0.15) is 5.84 Å². The minimum atomic E-state index is 0.344. The van der Waals surface area contributed by atoms with E-state index in [4.69, 9.17) is 10.9 Å². The minimum Gasteiger partial charge on any atom is -0.409 e. The number of amidine groups is 1. The smallest absolute Gasteiger partial charge is 0.139 e. The molecule has 3 N–H and O–H groups in total. The maximum Gasteiger partial charge on any atom is 0.139 e. The van der Waals surface area contributed by atoms with E-state index in [0.717, 1.165) is 25.3 Å². The molecule has 0 unspecified atom stereocenters. The lowest BCUT2D eigenvalue weighted by molar-refractivity contribution is 0.203. The Hall–Kier alpha value is -0.770. The monoisotopic (exact) mass is 213 g/mol. The third-order valence-corrected chi connectivity index (χ3v) is 3.15. The molecular weight excluding hydrogens is 190 g/mol. The fraction of sp³-hybridized carbons (Fsp3) is 0.909. The van der Waals surface area contributed by atoms with Gasteiger partial charge in [-0.15, -0.1) is 0 Å². The van der Waals surface area contributed by atoms with Crippen LogP contribution >= 0.6 is 0 Å². The highest BCUT2D eigenvalue weighted by Gasteiger charge is 2.18. The number of rotatable bonds is 7. The molecule has 4 nitrogen and oxygen atoms in total. The van der Waals surface area contributed by atoms with Crippen molar-refractivity contribution in [1.82, 2.24) is 4.90 Å². The van der Waals surface area contributed by atoms with E-state index in [0.29, 0.717) is 12.3 Å². The van der Waals surface area contributed by atoms with Gasteiger partial charge in [0.2, 0.25) is 0 Å². The van der Waals surface area contributed by atoms with Gasteiger partial charge in [0, 0.05) is 13.0 Å². The largest absolute Gasteiger partial charge is 0.409 e. The number of hydrogen-bond acceptors (Lipinski definition) is 3. The summed E-state index contributed by atoms with van der Waals surface area (Å²) in [6.45, 7) is 2.36. The van der Waals surface area contributed by atoms with Crippen molar-refractivity contribution in [3.8, 4) is 0 Å². The van der Waals surface area contributed by atoms with Crippen LogP contribution in [0.25, 0.3) is 0 Å². The third kappa shape index (κ3) is 5.02. The average molecular weight is 213 g/mol. The van der Waals surface area contributed by atoms with Crippen LogP contribution in [0, 0.1) is 5.92 Å². The molecule has 0 aromatic rings. The molecule has 0 amide bonds. The fourth-order valence-electron chi connectivity index (χ4n) is 1.95. The van der Waals surface area contributed by atoms with Crippen molar-refractivity contribution in [2.75, 3.05) is 20.1 Å². The first kappa shape index (κ1) is 12.3. The Morgan fingerprint density at radius 3 is 2.73 bits per heavy atom. The predicted molar refractivity (Wildman–Crippen MR) is 62.1 cm³/mol. The summed E-state index contributed by atoms with van der Waals surface area (Å²) in [5.74, 6) is 1.29. The van der Waals surface area contributed by atoms with Crippen molar-refractivity contribution in [3.63, 3.8) is 0 Å². The Bertz CT molecular complexity index is 202. The van der Waals surface area contributed by atoms with Crippen molar-refractivity contribution >= 4 is 5.84 Å². The number of hydrogen-bond donors (Lipinski definition) is 2. The highest BCUT2D eigenvalue weighted by Crippen LogP contribution is 2.26. The third-order valence-electron chi connectivity index (χ3n) is 3.15. The number of nitrogens with zero attached hydrogens (tertiary/aromatic N) is 2. The summed E-state index contributed by atoms with van der Waals surface area (Å²) in [6, 6.07) is 0. The maximum absolute atomic E-state index is 8.35. The second kappa shape index (κ2) is 6.67. The van der Waals surface area contributed by atoms with Gasteiger partial charge in [0.05, 0.1) is 0 Å². The molecule has 1 aliphatic rings. The minimum absolute atomic E-state index is 0.344. The van der Waals surface area contributed by atoms with Gasteiger partial charge in [0.25, 0.3) is 0 Å². The van der Waals surface area contributed by atoms with Gasteiger partial charge in [-0.2, -0.15) is 0 Å². The molecule has 88 valence electrons. The van der Waals surface area contributed by atoms with E-state index in [1.165, 1.54) is 25.8 Å². The zero-order chi connectivity index (χ0) is 11.1. The molecule has 0 heterocycles. The Labute approximate surface area is 92.1 Å². The van der Waals surface area contributed by atoms with Crippen LogP contribution in [0.3, 0.4) is 0 Å². The average Bonchev–Trinajstić information content (AvgIpc) is 2.18. The summed E-state index contributed by atoms with van der Waals surface area (Å²) < 4.78 is 0. The zero-order valence-corrected chi connectivity index (χ0v) is 9.65. The molecule has 0 atom stereocenters. The van der Waals surface area contributed by atoms with Crippen LogP contribution in [0.1, 0.15) is 38.5 Å². The van der Waals surface area contributed by atoms with E-state index in [2.05, 4.69) is 17.1 Å². The van der Waals surface area contributed by atoms with Crippen LogP contribution in [-0.2, 0) is 0 Å². The lowest BCUT2D eigenvalue weighted by Crippen LogP contribution is -2.30. The number of unbranched alkanes of at least 4 members (excludes halogenated alkanes) is 1. The summed E-state index contributed by atoms with van der Waals surface area (Å²) in [5, 5.41) is 11.3. The summed E-state index contributed by atoms with van der Waals surface area (Å²) >= 11 is 0. The molecule has 0 spiro atoms. The topological polar surface area (TPSA) is 61.8 Å². The van der Waals surface area contributed by atoms with E-state index < -0.39 is 0 Å². The second-order valence-corrected chi connectivity index (χ2v) is 4.61. The van der Waals surface area contributed by atoms with E-state index in [1.807, 2.05) is 0 Å². The Morgan fingerprint density at radius 2 is 2.20 bits per heavy atom. The quantitative estimate of drug-likeness (QED) is 0.222. The van der Waals surface area contributed by atoms with Gasteiger partial charge < -0.3 is 15.8 Å². The second-order valence-electron chi connectivity index (χ2n) is 4.61. The van der Waals surface area contributed by atoms with Gasteiger partial charge in [-0.25, -0.2) is 0 Å². The number of oxime groups is 1. The molecular formula is C11H23N3O. The molecule has 1 saturated carbocycles. The summed E-state index contributed by atoms with van der Waals surface area (Å²) in [6.07, 6.45) is 7.07. The maximum atomic E-state index is 8.35. The molecule has 1 fully saturated rings. The summed E-state index contributed by atoms with van der Waals surface area (Å²) in [5.41, 5.74) is 5.39. The van der Waals surface area contributed by atoms with Crippen molar-refractivity contribution in [2.24, 2.45) is 16.8 Å². The molecule has 0 saturated heterocycles. The molecule has 0 aliphatic heterocycles. The Balaban J connectivity index is 1.94. The molecule has 0 radical (unpaired) electrons. The van der Waals surface area contributed by atoms with Crippen molar-refractivity contribution in [2.45, 2.75) is 38.5 Å². The van der Waals surface area contributed by atoms with Gasteiger partial charge in [-0.05, 0) is 45.2 Å². The Morgan fingerprint density at radius 1 is 1.47 bits per heavy atom. The molecule has 0 aromatic heterocycles. The van der Waals surface area contributed by atoms with E-state index in [9.17, 15) is 0 Å².